The molecule has 0 saturated carbocycles. The van der Waals surface area contributed by atoms with Crippen molar-refractivity contribution in [1.82, 2.24) is 9.97 Å². The summed E-state index contributed by atoms with van der Waals surface area (Å²) in [5.41, 5.74) is 7.78. The monoisotopic (exact) mass is 365 g/mol. The fourth-order valence-electron chi connectivity index (χ4n) is 2.07. The van der Waals surface area contributed by atoms with Gasteiger partial charge in [0, 0.05) is 15.6 Å². The number of nitrogen functional groups attached to an aromatic ring is 1. The molecule has 0 aliphatic heterocycles. The Morgan fingerprint density at radius 1 is 1.14 bits per heavy atom. The van der Waals surface area contributed by atoms with Crippen LogP contribution in [0.15, 0.2) is 39.6 Å². The largest absolute Gasteiger partial charge is 0.398 e. The van der Waals surface area contributed by atoms with Crippen LogP contribution in [0.1, 0.15) is 15.9 Å². The Hall–Kier alpha value is -2.05. The smallest absolute Gasteiger partial charge is 0.323 e. The summed E-state index contributed by atoms with van der Waals surface area (Å²) >= 11 is 9.20. The molecule has 0 amide bonds. The Kier molecular flexibility index (Phi) is 3.35. The molecule has 4 N–H and O–H groups in total. The van der Waals surface area contributed by atoms with Crippen LogP contribution in [0, 0.1) is 0 Å². The van der Waals surface area contributed by atoms with Crippen molar-refractivity contribution in [1.29, 1.82) is 0 Å². The molecule has 0 saturated heterocycles. The van der Waals surface area contributed by atoms with Crippen LogP contribution < -0.4 is 11.4 Å². The van der Waals surface area contributed by atoms with Crippen molar-refractivity contribution in [3.05, 3.63) is 61.4 Å². The van der Waals surface area contributed by atoms with Crippen molar-refractivity contribution in [2.75, 3.05) is 5.73 Å². The lowest BCUT2D eigenvalue weighted by Crippen LogP contribution is -2.03. The van der Waals surface area contributed by atoms with Crippen LogP contribution in [0.2, 0.25) is 5.02 Å². The number of ketones is 1. The highest BCUT2D eigenvalue weighted by Gasteiger charge is 2.15. The average molecular weight is 367 g/mol. The Labute approximate surface area is 132 Å². The van der Waals surface area contributed by atoms with Crippen LogP contribution in [-0.4, -0.2) is 15.8 Å². The Balaban J connectivity index is 2.14. The quantitative estimate of drug-likeness (QED) is 0.481. The van der Waals surface area contributed by atoms with Crippen LogP contribution >= 0.6 is 27.5 Å². The number of aromatic amines is 2. The third-order valence-electron chi connectivity index (χ3n) is 3.11. The molecule has 21 heavy (non-hydrogen) atoms. The molecular weight excluding hydrogens is 358 g/mol. The van der Waals surface area contributed by atoms with Crippen molar-refractivity contribution in [2.24, 2.45) is 0 Å². The van der Waals surface area contributed by atoms with Crippen LogP contribution in [0.5, 0.6) is 0 Å². The molecule has 5 nitrogen and oxygen atoms in total. The summed E-state index contributed by atoms with van der Waals surface area (Å²) in [6.07, 6.45) is 0. The lowest BCUT2D eigenvalue weighted by atomic mass is 10.0. The van der Waals surface area contributed by atoms with Crippen LogP contribution in [0.4, 0.5) is 5.69 Å². The van der Waals surface area contributed by atoms with E-state index in [1.165, 1.54) is 6.07 Å². The molecule has 0 aliphatic carbocycles. The third-order valence-corrected chi connectivity index (χ3v) is 4.11. The standard InChI is InChI=1S/C14H9BrClN3O2/c15-8-5-12-11(18-14(21)19-12)4-7(8)13(20)6-1-2-9(16)10(17)3-6/h1-5H,17H2,(H2,18,19,21). The van der Waals surface area contributed by atoms with Crippen molar-refractivity contribution in [2.45, 2.75) is 0 Å². The van der Waals surface area contributed by atoms with Gasteiger partial charge in [0.15, 0.2) is 5.78 Å². The molecule has 0 radical (unpaired) electrons. The van der Waals surface area contributed by atoms with Crippen LogP contribution in [0.25, 0.3) is 11.0 Å². The van der Waals surface area contributed by atoms with Gasteiger partial charge in [-0.15, -0.1) is 0 Å². The minimum atomic E-state index is -0.322. The number of rotatable bonds is 2. The lowest BCUT2D eigenvalue weighted by molar-refractivity contribution is 0.103. The van der Waals surface area contributed by atoms with E-state index in [-0.39, 0.29) is 11.5 Å². The van der Waals surface area contributed by atoms with Gasteiger partial charge >= 0.3 is 5.69 Å². The van der Waals surface area contributed by atoms with Gasteiger partial charge in [-0.05, 0) is 46.3 Å². The Bertz CT molecular complexity index is 930. The third kappa shape index (κ3) is 2.48. The van der Waals surface area contributed by atoms with E-state index >= 15 is 0 Å². The maximum Gasteiger partial charge on any atom is 0.323 e. The van der Waals surface area contributed by atoms with E-state index in [0.29, 0.717) is 37.3 Å². The number of hydrogen-bond acceptors (Lipinski definition) is 3. The zero-order valence-electron chi connectivity index (χ0n) is 10.5. The summed E-state index contributed by atoms with van der Waals surface area (Å²) in [5.74, 6) is -0.214. The van der Waals surface area contributed by atoms with Crippen molar-refractivity contribution >= 4 is 50.0 Å². The van der Waals surface area contributed by atoms with Crippen molar-refractivity contribution in [3.8, 4) is 0 Å². The zero-order valence-corrected chi connectivity index (χ0v) is 12.9. The molecule has 0 spiro atoms. The molecule has 3 aromatic rings. The maximum absolute atomic E-state index is 12.6. The van der Waals surface area contributed by atoms with Crippen molar-refractivity contribution < 1.29 is 4.79 Å². The van der Waals surface area contributed by atoms with Crippen LogP contribution in [0.3, 0.4) is 0 Å². The fourth-order valence-corrected chi connectivity index (χ4v) is 2.71. The first-order valence-corrected chi connectivity index (χ1v) is 7.14. The second kappa shape index (κ2) is 5.05. The number of anilines is 1. The predicted molar refractivity (Wildman–Crippen MR) is 85.9 cm³/mol. The molecule has 106 valence electrons. The molecule has 7 heteroatoms. The highest BCUT2D eigenvalue weighted by molar-refractivity contribution is 9.10. The topological polar surface area (TPSA) is 91.7 Å². The molecular formula is C14H9BrClN3O2. The second-order valence-corrected chi connectivity index (χ2v) is 5.78. The SMILES string of the molecule is Nc1cc(C(=O)c2cc3[nH]c(=O)[nH]c3cc2Br)ccc1Cl. The van der Waals surface area contributed by atoms with Gasteiger partial charge in [0.05, 0.1) is 21.7 Å². The summed E-state index contributed by atoms with van der Waals surface area (Å²) in [6, 6.07) is 8.01. The summed E-state index contributed by atoms with van der Waals surface area (Å²) in [4.78, 5) is 29.1. The number of fused-ring (bicyclic) bond motifs is 1. The molecule has 0 fully saturated rings. The number of benzene rings is 2. The predicted octanol–water partition coefficient (Wildman–Crippen LogP) is 3.09. The van der Waals surface area contributed by atoms with Gasteiger partial charge in [0.2, 0.25) is 0 Å². The van der Waals surface area contributed by atoms with E-state index in [0.717, 1.165) is 0 Å². The van der Waals surface area contributed by atoms with Gasteiger partial charge in [-0.1, -0.05) is 11.6 Å². The number of hydrogen-bond donors (Lipinski definition) is 3. The molecule has 2 aromatic carbocycles. The van der Waals surface area contributed by atoms with E-state index < -0.39 is 0 Å². The first-order chi connectivity index (χ1) is 9.95. The van der Waals surface area contributed by atoms with Crippen LogP contribution in [-0.2, 0) is 0 Å². The summed E-state index contributed by atoms with van der Waals surface area (Å²) < 4.78 is 0.587. The number of aromatic nitrogens is 2. The number of carbonyl (C=O) groups is 1. The number of nitrogens with two attached hydrogens (primary N) is 1. The second-order valence-electron chi connectivity index (χ2n) is 4.52. The summed E-state index contributed by atoms with van der Waals surface area (Å²) in [7, 11) is 0. The first kappa shape index (κ1) is 13.9. The number of carbonyl (C=O) groups excluding carboxylic acids is 1. The number of halogens is 2. The summed E-state index contributed by atoms with van der Waals surface area (Å²) in [6.45, 7) is 0. The van der Waals surface area contributed by atoms with Gasteiger partial charge < -0.3 is 15.7 Å². The molecule has 0 atom stereocenters. The highest BCUT2D eigenvalue weighted by Crippen LogP contribution is 2.26. The Morgan fingerprint density at radius 2 is 1.81 bits per heavy atom. The van der Waals surface area contributed by atoms with Gasteiger partial charge in [-0.3, -0.25) is 4.79 Å². The molecule has 0 unspecified atom stereocenters. The fraction of sp³-hybridized carbons (Fsp3) is 0. The van der Waals surface area contributed by atoms with E-state index in [4.69, 9.17) is 17.3 Å². The zero-order chi connectivity index (χ0) is 15.1. The molecule has 1 aromatic heterocycles. The van der Waals surface area contributed by atoms with E-state index in [1.54, 1.807) is 24.3 Å². The number of imidazole rings is 1. The number of H-pyrrole nitrogens is 2. The highest BCUT2D eigenvalue weighted by atomic mass is 79.9. The van der Waals surface area contributed by atoms with E-state index in [9.17, 15) is 9.59 Å². The molecule has 3 rings (SSSR count). The summed E-state index contributed by atoms with van der Waals surface area (Å²) in [5, 5.41) is 0.399. The maximum atomic E-state index is 12.6. The first-order valence-electron chi connectivity index (χ1n) is 5.97. The van der Waals surface area contributed by atoms with Gasteiger partial charge in [-0.2, -0.15) is 0 Å². The molecule has 0 bridgehead atoms. The van der Waals surface area contributed by atoms with E-state index in [1.807, 2.05) is 0 Å². The van der Waals surface area contributed by atoms with Gasteiger partial charge in [0.1, 0.15) is 0 Å². The normalized spacial score (nSPS) is 11.0. The minimum absolute atomic E-state index is 0.214. The number of nitrogens with one attached hydrogen (secondary N) is 2. The van der Waals surface area contributed by atoms with Gasteiger partial charge in [0.25, 0.3) is 0 Å². The van der Waals surface area contributed by atoms with Crippen molar-refractivity contribution in [3.63, 3.8) is 0 Å². The lowest BCUT2D eigenvalue weighted by Gasteiger charge is -2.06. The molecule has 1 heterocycles. The minimum Gasteiger partial charge on any atom is -0.398 e. The van der Waals surface area contributed by atoms with E-state index in [2.05, 4.69) is 25.9 Å². The van der Waals surface area contributed by atoms with Gasteiger partial charge in [-0.25, -0.2) is 4.79 Å². The Morgan fingerprint density at radius 3 is 2.48 bits per heavy atom. The average Bonchev–Trinajstić information content (AvgIpc) is 2.79. The molecule has 0 aliphatic rings.